The van der Waals surface area contributed by atoms with E-state index in [4.69, 9.17) is 11.6 Å². The van der Waals surface area contributed by atoms with Crippen LogP contribution >= 0.6 is 11.6 Å². The van der Waals surface area contributed by atoms with Crippen LogP contribution < -0.4 is 0 Å². The smallest absolute Gasteiger partial charge is 0.258 e. The van der Waals surface area contributed by atoms with Crippen LogP contribution in [0.5, 0.6) is 0 Å². The normalized spacial score (nSPS) is 10.5. The fourth-order valence-electron chi connectivity index (χ4n) is 1.54. The molecule has 0 N–H and O–H groups in total. The van der Waals surface area contributed by atoms with Crippen molar-refractivity contribution in [1.82, 2.24) is 15.0 Å². The first kappa shape index (κ1) is 12.5. The highest BCUT2D eigenvalue weighted by molar-refractivity contribution is 6.17. The number of halogens is 1. The molecule has 0 aliphatic rings. The van der Waals surface area contributed by atoms with Crippen molar-refractivity contribution >= 4 is 17.3 Å². The number of non-ortho nitro benzene ring substituents is 1. The van der Waals surface area contributed by atoms with Gasteiger partial charge in [-0.15, -0.1) is 16.7 Å². The maximum absolute atomic E-state index is 10.5. The summed E-state index contributed by atoms with van der Waals surface area (Å²) in [6.07, 6.45) is 2.51. The van der Waals surface area contributed by atoms with Gasteiger partial charge in [-0.25, -0.2) is 4.68 Å². The van der Waals surface area contributed by atoms with Gasteiger partial charge >= 0.3 is 0 Å². The molecule has 1 aromatic heterocycles. The first-order chi connectivity index (χ1) is 8.69. The predicted octanol–water partition coefficient (Wildman–Crippen LogP) is 2.02. The Balaban J connectivity index is 2.06. The highest BCUT2D eigenvalue weighted by Gasteiger charge is 2.05. The topological polar surface area (TPSA) is 73.8 Å². The van der Waals surface area contributed by atoms with Crippen molar-refractivity contribution in [3.8, 4) is 0 Å². The van der Waals surface area contributed by atoms with Gasteiger partial charge in [-0.05, 0) is 5.56 Å². The van der Waals surface area contributed by atoms with Gasteiger partial charge in [0, 0.05) is 30.6 Å². The zero-order valence-electron chi connectivity index (χ0n) is 9.49. The third-order valence-corrected chi connectivity index (χ3v) is 2.62. The lowest BCUT2D eigenvalue weighted by molar-refractivity contribution is -0.384. The van der Waals surface area contributed by atoms with E-state index in [-0.39, 0.29) is 5.69 Å². The van der Waals surface area contributed by atoms with E-state index >= 15 is 0 Å². The molecule has 0 amide bonds. The van der Waals surface area contributed by atoms with Crippen molar-refractivity contribution < 1.29 is 4.92 Å². The Hall–Kier alpha value is -1.95. The quantitative estimate of drug-likeness (QED) is 0.471. The van der Waals surface area contributed by atoms with Gasteiger partial charge in [-0.2, -0.15) is 0 Å². The molecule has 0 aliphatic carbocycles. The molecule has 94 valence electrons. The van der Waals surface area contributed by atoms with Crippen LogP contribution in [0.3, 0.4) is 0 Å². The molecule has 2 aromatic rings. The van der Waals surface area contributed by atoms with Crippen molar-refractivity contribution in [2.75, 3.05) is 5.88 Å². The maximum Gasteiger partial charge on any atom is 0.269 e. The van der Waals surface area contributed by atoms with Crippen molar-refractivity contribution in [1.29, 1.82) is 0 Å². The molecule has 2 rings (SSSR count). The minimum Gasteiger partial charge on any atom is -0.258 e. The fraction of sp³-hybridized carbons (Fsp3) is 0.273. The molecule has 0 saturated carbocycles. The average Bonchev–Trinajstić information content (AvgIpc) is 2.78. The largest absolute Gasteiger partial charge is 0.269 e. The number of aryl methyl sites for hydroxylation is 1. The summed E-state index contributed by atoms with van der Waals surface area (Å²) in [5.74, 6) is 0.510. The summed E-state index contributed by atoms with van der Waals surface area (Å²) in [7, 11) is 0. The van der Waals surface area contributed by atoms with Gasteiger partial charge in [0.05, 0.1) is 17.2 Å². The molecule has 0 unspecified atom stereocenters. The Labute approximate surface area is 108 Å². The molecule has 0 saturated heterocycles. The van der Waals surface area contributed by atoms with Gasteiger partial charge in [0.15, 0.2) is 0 Å². The summed E-state index contributed by atoms with van der Waals surface area (Å²) in [6.45, 7) is 0.535. The van der Waals surface area contributed by atoms with E-state index in [0.717, 1.165) is 11.3 Å². The van der Waals surface area contributed by atoms with E-state index < -0.39 is 4.92 Å². The predicted molar refractivity (Wildman–Crippen MR) is 66.6 cm³/mol. The Morgan fingerprint density at radius 3 is 2.67 bits per heavy atom. The lowest BCUT2D eigenvalue weighted by Gasteiger charge is -2.00. The first-order valence-electron chi connectivity index (χ1n) is 5.37. The van der Waals surface area contributed by atoms with Crippen LogP contribution in [0.1, 0.15) is 11.3 Å². The van der Waals surface area contributed by atoms with Crippen LogP contribution in [0.2, 0.25) is 0 Å². The molecule has 18 heavy (non-hydrogen) atoms. The Morgan fingerprint density at radius 1 is 1.33 bits per heavy atom. The first-order valence-corrected chi connectivity index (χ1v) is 5.91. The molecule has 0 fully saturated rings. The lowest BCUT2D eigenvalue weighted by atomic mass is 10.2. The van der Waals surface area contributed by atoms with Crippen molar-refractivity contribution in [3.63, 3.8) is 0 Å². The van der Waals surface area contributed by atoms with Crippen molar-refractivity contribution in [2.24, 2.45) is 0 Å². The van der Waals surface area contributed by atoms with Crippen LogP contribution in [-0.4, -0.2) is 25.8 Å². The molecule has 0 bridgehead atoms. The molecule has 0 aliphatic heterocycles. The number of aromatic nitrogens is 3. The van der Waals surface area contributed by atoms with Gasteiger partial charge in [0.25, 0.3) is 5.69 Å². The van der Waals surface area contributed by atoms with E-state index in [0.29, 0.717) is 18.8 Å². The summed E-state index contributed by atoms with van der Waals surface area (Å²) in [6, 6.07) is 6.37. The van der Waals surface area contributed by atoms with Crippen molar-refractivity contribution in [2.45, 2.75) is 13.0 Å². The highest BCUT2D eigenvalue weighted by Crippen LogP contribution is 2.12. The summed E-state index contributed by atoms with van der Waals surface area (Å²) in [5.41, 5.74) is 1.86. The zero-order chi connectivity index (χ0) is 13.0. The molecule has 1 heterocycles. The van der Waals surface area contributed by atoms with E-state index in [1.54, 1.807) is 16.8 Å². The van der Waals surface area contributed by atoms with E-state index in [1.807, 2.05) is 6.20 Å². The van der Waals surface area contributed by atoms with Crippen molar-refractivity contribution in [3.05, 3.63) is 51.8 Å². The second-order valence-electron chi connectivity index (χ2n) is 3.77. The maximum atomic E-state index is 10.5. The third kappa shape index (κ3) is 3.04. The third-order valence-electron chi connectivity index (χ3n) is 2.43. The molecule has 0 atom stereocenters. The average molecular weight is 267 g/mol. The molecule has 6 nitrogen and oxygen atoms in total. The van der Waals surface area contributed by atoms with Gasteiger partial charge in [-0.3, -0.25) is 10.1 Å². The zero-order valence-corrected chi connectivity index (χ0v) is 10.2. The number of benzene rings is 1. The van der Waals surface area contributed by atoms with E-state index in [1.165, 1.54) is 12.1 Å². The summed E-state index contributed by atoms with van der Waals surface area (Å²) >= 11 is 5.61. The number of nitro groups is 1. The minimum absolute atomic E-state index is 0.0835. The second-order valence-corrected chi connectivity index (χ2v) is 4.15. The molecule has 0 spiro atoms. The number of alkyl halides is 1. The summed E-state index contributed by atoms with van der Waals surface area (Å²) in [4.78, 5) is 10.1. The molecular weight excluding hydrogens is 256 g/mol. The van der Waals surface area contributed by atoms with Crippen LogP contribution in [0.4, 0.5) is 5.69 Å². The van der Waals surface area contributed by atoms with Crippen LogP contribution in [0, 0.1) is 10.1 Å². The number of rotatable bonds is 5. The summed E-state index contributed by atoms with van der Waals surface area (Å²) < 4.78 is 1.68. The number of nitrogens with zero attached hydrogens (tertiary/aromatic N) is 4. The number of hydrogen-bond donors (Lipinski definition) is 0. The standard InChI is InChI=1S/C11H11ClN4O2/c12-6-5-10-8-15(14-13-10)7-9-1-3-11(4-2-9)16(17)18/h1-4,8H,5-7H2. The van der Waals surface area contributed by atoms with Gasteiger partial charge < -0.3 is 0 Å². The summed E-state index contributed by atoms with van der Waals surface area (Å²) in [5, 5.41) is 18.4. The van der Waals surface area contributed by atoms with Crippen LogP contribution in [-0.2, 0) is 13.0 Å². The number of hydrogen-bond acceptors (Lipinski definition) is 4. The SMILES string of the molecule is O=[N+]([O-])c1ccc(Cn2cc(CCCl)nn2)cc1. The molecule has 7 heteroatoms. The van der Waals surface area contributed by atoms with Crippen LogP contribution in [0.15, 0.2) is 30.5 Å². The number of nitro benzene ring substituents is 1. The minimum atomic E-state index is -0.419. The Kier molecular flexibility index (Phi) is 3.88. The fourth-order valence-corrected chi connectivity index (χ4v) is 1.73. The van der Waals surface area contributed by atoms with Gasteiger partial charge in [-0.1, -0.05) is 17.3 Å². The van der Waals surface area contributed by atoms with Gasteiger partial charge in [0.1, 0.15) is 0 Å². The highest BCUT2D eigenvalue weighted by atomic mass is 35.5. The Morgan fingerprint density at radius 2 is 2.06 bits per heavy atom. The second kappa shape index (κ2) is 5.59. The Bertz CT molecular complexity index is 538. The lowest BCUT2D eigenvalue weighted by Crippen LogP contribution is -2.00. The molecule has 1 aromatic carbocycles. The molecular formula is C11H11ClN4O2. The van der Waals surface area contributed by atoms with Gasteiger partial charge in [0.2, 0.25) is 0 Å². The van der Waals surface area contributed by atoms with Crippen LogP contribution in [0.25, 0.3) is 0 Å². The van der Waals surface area contributed by atoms with E-state index in [9.17, 15) is 10.1 Å². The molecule has 0 radical (unpaired) electrons. The monoisotopic (exact) mass is 266 g/mol. The van der Waals surface area contributed by atoms with E-state index in [2.05, 4.69) is 10.3 Å².